The van der Waals surface area contributed by atoms with Gasteiger partial charge in [0.1, 0.15) is 11.5 Å². The maximum atomic E-state index is 10.9. The second-order valence-corrected chi connectivity index (χ2v) is 4.09. The van der Waals surface area contributed by atoms with E-state index in [1.807, 2.05) is 22.6 Å². The predicted octanol–water partition coefficient (Wildman–Crippen LogP) is 2.07. The molecule has 1 aromatic carbocycles. The minimum Gasteiger partial charge on any atom is -0.466 e. The van der Waals surface area contributed by atoms with Crippen LogP contribution in [0.25, 0.3) is 0 Å². The molecule has 0 aliphatic rings. The summed E-state index contributed by atoms with van der Waals surface area (Å²) in [6.45, 7) is 0.213. The van der Waals surface area contributed by atoms with Crippen molar-refractivity contribution in [1.82, 2.24) is 0 Å². The lowest BCUT2D eigenvalue weighted by Crippen LogP contribution is -2.06. The molecule has 6 heteroatoms. The molecule has 0 saturated heterocycles. The Hall–Kier alpha value is -0.860. The number of rotatable bonds is 7. The van der Waals surface area contributed by atoms with Crippen LogP contribution >= 0.6 is 22.6 Å². The zero-order chi connectivity index (χ0) is 12.7. The molecule has 0 aliphatic heterocycles. The van der Waals surface area contributed by atoms with Gasteiger partial charge in [0.2, 0.25) is 0 Å². The number of halogens is 1. The predicted molar refractivity (Wildman–Crippen MR) is 69.6 cm³/mol. The smallest absolute Gasteiger partial charge is 0.188 e. The first-order valence-corrected chi connectivity index (χ1v) is 5.83. The van der Waals surface area contributed by atoms with Crippen molar-refractivity contribution in [2.75, 3.05) is 27.8 Å². The Bertz CT molecular complexity index is 380. The highest BCUT2D eigenvalue weighted by molar-refractivity contribution is 14.1. The number of ether oxygens (including phenoxy) is 4. The molecule has 0 radical (unpaired) electrons. The molecule has 0 N–H and O–H groups in total. The highest BCUT2D eigenvalue weighted by Crippen LogP contribution is 2.33. The van der Waals surface area contributed by atoms with E-state index in [0.717, 1.165) is 6.29 Å². The lowest BCUT2D eigenvalue weighted by molar-refractivity contribution is 0.0445. The summed E-state index contributed by atoms with van der Waals surface area (Å²) in [5.41, 5.74) is 0.455. The fourth-order valence-electron chi connectivity index (χ4n) is 1.14. The molecule has 1 aromatic rings. The van der Waals surface area contributed by atoms with Crippen LogP contribution in [0.1, 0.15) is 10.4 Å². The third-order valence-electron chi connectivity index (χ3n) is 1.87. The van der Waals surface area contributed by atoms with E-state index in [-0.39, 0.29) is 13.6 Å². The summed E-state index contributed by atoms with van der Waals surface area (Å²) in [5, 5.41) is 0. The Morgan fingerprint density at radius 1 is 1.18 bits per heavy atom. The molecular weight excluding hydrogens is 339 g/mol. The van der Waals surface area contributed by atoms with Gasteiger partial charge >= 0.3 is 0 Å². The zero-order valence-corrected chi connectivity index (χ0v) is 11.7. The fourth-order valence-corrected chi connectivity index (χ4v) is 1.95. The largest absolute Gasteiger partial charge is 0.466 e. The maximum absolute atomic E-state index is 10.9. The molecular formula is C11H13IO5. The summed E-state index contributed by atoms with van der Waals surface area (Å²) in [6, 6.07) is 3.33. The van der Waals surface area contributed by atoms with E-state index in [2.05, 4.69) is 0 Å². The molecule has 0 aliphatic carbocycles. The molecule has 1 rings (SSSR count). The minimum atomic E-state index is 0.0740. The molecule has 5 nitrogen and oxygen atoms in total. The topological polar surface area (TPSA) is 54.0 Å². The van der Waals surface area contributed by atoms with Gasteiger partial charge < -0.3 is 18.9 Å². The van der Waals surface area contributed by atoms with Gasteiger partial charge in [-0.05, 0) is 34.7 Å². The van der Waals surface area contributed by atoms with E-state index in [1.165, 1.54) is 14.2 Å². The average molecular weight is 352 g/mol. The van der Waals surface area contributed by atoms with Gasteiger partial charge in [0.05, 0.1) is 9.13 Å². The zero-order valence-electron chi connectivity index (χ0n) is 9.57. The van der Waals surface area contributed by atoms with Gasteiger partial charge in [0.25, 0.3) is 0 Å². The van der Waals surface area contributed by atoms with E-state index >= 15 is 0 Å². The van der Waals surface area contributed by atoms with E-state index in [1.54, 1.807) is 12.1 Å². The van der Waals surface area contributed by atoms with Crippen molar-refractivity contribution >= 4 is 28.9 Å². The second-order valence-electron chi connectivity index (χ2n) is 3.02. The lowest BCUT2D eigenvalue weighted by Gasteiger charge is -2.13. The number of benzene rings is 1. The van der Waals surface area contributed by atoms with E-state index in [0.29, 0.717) is 20.6 Å². The van der Waals surface area contributed by atoms with Crippen LogP contribution in [0.2, 0.25) is 0 Å². The highest BCUT2D eigenvalue weighted by Gasteiger charge is 2.13. The van der Waals surface area contributed by atoms with Crippen molar-refractivity contribution < 1.29 is 23.7 Å². The molecule has 0 aromatic heterocycles. The molecule has 17 heavy (non-hydrogen) atoms. The van der Waals surface area contributed by atoms with Crippen LogP contribution in [0.15, 0.2) is 12.1 Å². The normalized spacial score (nSPS) is 10.1. The summed E-state index contributed by atoms with van der Waals surface area (Å²) < 4.78 is 21.0. The molecule has 0 unspecified atom stereocenters. The quantitative estimate of drug-likeness (QED) is 0.427. The van der Waals surface area contributed by atoms with Crippen molar-refractivity contribution in [2.45, 2.75) is 0 Å². The molecule has 0 fully saturated rings. The standard InChI is InChI=1S/C11H13IO5/c1-14-6-16-9-4-3-8(5-13)11(10(9)12)17-7-15-2/h3-5H,6-7H2,1-2H3. The number of carbonyl (C=O) groups excluding carboxylic acids is 1. The maximum Gasteiger partial charge on any atom is 0.188 e. The third kappa shape index (κ3) is 3.83. The fraction of sp³-hybridized carbons (Fsp3) is 0.364. The summed E-state index contributed by atoms with van der Waals surface area (Å²) in [6.07, 6.45) is 0.729. The van der Waals surface area contributed by atoms with Crippen LogP contribution in [0.3, 0.4) is 0 Å². The van der Waals surface area contributed by atoms with E-state index < -0.39 is 0 Å². The molecule has 0 atom stereocenters. The van der Waals surface area contributed by atoms with E-state index in [9.17, 15) is 4.79 Å². The lowest BCUT2D eigenvalue weighted by atomic mass is 10.2. The Morgan fingerprint density at radius 2 is 1.82 bits per heavy atom. The Balaban J connectivity index is 2.99. The van der Waals surface area contributed by atoms with Gasteiger partial charge in [0.15, 0.2) is 19.9 Å². The summed E-state index contributed by atoms with van der Waals surface area (Å²) in [7, 11) is 3.05. The molecule has 0 bridgehead atoms. The molecule has 0 spiro atoms. The first-order chi connectivity index (χ1) is 8.24. The first-order valence-electron chi connectivity index (χ1n) is 4.75. The first kappa shape index (κ1) is 14.2. The third-order valence-corrected chi connectivity index (χ3v) is 2.89. The monoisotopic (exact) mass is 352 g/mol. The van der Waals surface area contributed by atoms with Crippen LogP contribution in [0.5, 0.6) is 11.5 Å². The molecule has 0 heterocycles. The van der Waals surface area contributed by atoms with Crippen LogP contribution < -0.4 is 9.47 Å². The Labute approximate surface area is 113 Å². The summed E-state index contributed by atoms with van der Waals surface area (Å²) in [5.74, 6) is 1.06. The van der Waals surface area contributed by atoms with Crippen LogP contribution in [0, 0.1) is 3.57 Å². The van der Waals surface area contributed by atoms with Crippen LogP contribution in [-0.2, 0) is 9.47 Å². The van der Waals surface area contributed by atoms with Crippen molar-refractivity contribution in [3.63, 3.8) is 0 Å². The van der Waals surface area contributed by atoms with Gasteiger partial charge in [-0.3, -0.25) is 4.79 Å². The second kappa shape index (κ2) is 7.46. The van der Waals surface area contributed by atoms with Gasteiger partial charge in [0, 0.05) is 14.2 Å². The molecule has 0 saturated carbocycles. The SMILES string of the molecule is COCOc1ccc(C=O)c(OCOC)c1I. The molecule has 94 valence electrons. The number of aldehydes is 1. The van der Waals surface area contributed by atoms with Gasteiger partial charge in [-0.15, -0.1) is 0 Å². The van der Waals surface area contributed by atoms with Crippen LogP contribution in [-0.4, -0.2) is 34.1 Å². The Morgan fingerprint density at radius 3 is 2.41 bits per heavy atom. The number of carbonyl (C=O) groups is 1. The highest BCUT2D eigenvalue weighted by atomic mass is 127. The number of methoxy groups -OCH3 is 2. The van der Waals surface area contributed by atoms with Crippen molar-refractivity contribution in [2.24, 2.45) is 0 Å². The van der Waals surface area contributed by atoms with E-state index in [4.69, 9.17) is 18.9 Å². The van der Waals surface area contributed by atoms with Crippen molar-refractivity contribution in [1.29, 1.82) is 0 Å². The number of hydrogen-bond donors (Lipinski definition) is 0. The molecule has 0 amide bonds. The van der Waals surface area contributed by atoms with Gasteiger partial charge in [-0.1, -0.05) is 0 Å². The Kier molecular flexibility index (Phi) is 6.23. The number of hydrogen-bond acceptors (Lipinski definition) is 5. The summed E-state index contributed by atoms with van der Waals surface area (Å²) in [4.78, 5) is 10.9. The summed E-state index contributed by atoms with van der Waals surface area (Å²) >= 11 is 2.05. The van der Waals surface area contributed by atoms with Gasteiger partial charge in [-0.2, -0.15) is 0 Å². The minimum absolute atomic E-state index is 0.0740. The van der Waals surface area contributed by atoms with Crippen molar-refractivity contribution in [3.05, 3.63) is 21.3 Å². The van der Waals surface area contributed by atoms with Crippen molar-refractivity contribution in [3.8, 4) is 11.5 Å². The van der Waals surface area contributed by atoms with Crippen LogP contribution in [0.4, 0.5) is 0 Å². The van der Waals surface area contributed by atoms with Gasteiger partial charge in [-0.25, -0.2) is 0 Å². The average Bonchev–Trinajstić information content (AvgIpc) is 2.35.